The summed E-state index contributed by atoms with van der Waals surface area (Å²) in [7, 11) is 0. The van der Waals surface area contributed by atoms with E-state index in [4.69, 9.17) is 29.9 Å². The van der Waals surface area contributed by atoms with Crippen LogP contribution in [-0.4, -0.2) is 37.7 Å². The molecule has 11 rings (SSSR count). The maximum atomic E-state index is 5.27. The first kappa shape index (κ1) is 34.2. The predicted octanol–water partition coefficient (Wildman–Crippen LogP) is 8.84. The molecule has 58 heavy (non-hydrogen) atoms. The van der Waals surface area contributed by atoms with Gasteiger partial charge in [0.1, 0.15) is 0 Å². The van der Waals surface area contributed by atoms with Gasteiger partial charge in [-0.3, -0.25) is 4.99 Å². The van der Waals surface area contributed by atoms with Crippen molar-refractivity contribution in [1.82, 2.24) is 30.2 Å². The molecule has 0 fully saturated rings. The minimum Gasteiger partial charge on any atom is -0.380 e. The van der Waals surface area contributed by atoms with Gasteiger partial charge in [0.05, 0.1) is 33.6 Å². The summed E-state index contributed by atoms with van der Waals surface area (Å²) < 4.78 is 0. The summed E-state index contributed by atoms with van der Waals surface area (Å²) in [5.41, 5.74) is 11.7. The highest BCUT2D eigenvalue weighted by Crippen LogP contribution is 2.42. The molecule has 0 spiro atoms. The first-order chi connectivity index (χ1) is 28.7. The van der Waals surface area contributed by atoms with Gasteiger partial charge in [-0.15, -0.1) is 0 Å². The summed E-state index contributed by atoms with van der Waals surface area (Å²) in [6, 6.07) is 35.5. The van der Waals surface area contributed by atoms with Crippen LogP contribution in [0.2, 0.25) is 0 Å². The Hall–Kier alpha value is -7.12. The highest BCUT2D eigenvalue weighted by Gasteiger charge is 2.30. The number of rotatable bonds is 6. The minimum absolute atomic E-state index is 0.247. The molecular formula is C51H39N7. The molecular weight excluding hydrogens is 711 g/mol. The largest absolute Gasteiger partial charge is 0.380 e. The molecule has 3 aliphatic carbocycles. The lowest BCUT2D eigenvalue weighted by atomic mass is 9.81. The molecule has 5 aliphatic rings. The van der Waals surface area contributed by atoms with E-state index in [1.807, 2.05) is 66.9 Å². The first-order valence-electron chi connectivity index (χ1n) is 20.2. The molecule has 7 heteroatoms. The number of fused-ring (bicyclic) bond motifs is 4. The summed E-state index contributed by atoms with van der Waals surface area (Å²) in [6.07, 6.45) is 24.9. The number of dihydropyridines is 1. The molecule has 1 N–H and O–H groups in total. The smallest absolute Gasteiger partial charge is 0.164 e. The summed E-state index contributed by atoms with van der Waals surface area (Å²) in [4.78, 5) is 30.0. The fraction of sp³-hybridized carbons (Fsp3) is 0.137. The van der Waals surface area contributed by atoms with Gasteiger partial charge in [-0.1, -0.05) is 134 Å². The molecule has 3 aromatic carbocycles. The van der Waals surface area contributed by atoms with Crippen molar-refractivity contribution >= 4 is 40.4 Å². The molecule has 3 unspecified atom stereocenters. The lowest BCUT2D eigenvalue weighted by Crippen LogP contribution is -2.33. The van der Waals surface area contributed by atoms with Crippen molar-refractivity contribution in [3.63, 3.8) is 0 Å². The summed E-state index contributed by atoms with van der Waals surface area (Å²) >= 11 is 0. The van der Waals surface area contributed by atoms with Crippen molar-refractivity contribution in [2.24, 2.45) is 22.7 Å². The van der Waals surface area contributed by atoms with Crippen LogP contribution in [0, 0.1) is 17.8 Å². The first-order valence-corrected chi connectivity index (χ1v) is 20.2. The zero-order valence-corrected chi connectivity index (χ0v) is 31.8. The van der Waals surface area contributed by atoms with Gasteiger partial charge in [0, 0.05) is 51.9 Å². The number of hydrogen-bond donors (Lipinski definition) is 1. The van der Waals surface area contributed by atoms with Gasteiger partial charge >= 0.3 is 0 Å². The Balaban J connectivity index is 0.870. The van der Waals surface area contributed by atoms with Gasteiger partial charge in [-0.2, -0.15) is 0 Å². The fourth-order valence-electron chi connectivity index (χ4n) is 8.76. The van der Waals surface area contributed by atoms with E-state index in [1.54, 1.807) is 0 Å². The maximum Gasteiger partial charge on any atom is 0.164 e. The maximum absolute atomic E-state index is 5.27. The van der Waals surface area contributed by atoms with Crippen molar-refractivity contribution in [1.29, 1.82) is 0 Å². The second kappa shape index (κ2) is 14.4. The van der Waals surface area contributed by atoms with E-state index >= 15 is 0 Å². The third-order valence-corrected chi connectivity index (χ3v) is 11.8. The molecule has 3 atom stereocenters. The Labute approximate surface area is 336 Å². The monoisotopic (exact) mass is 749 g/mol. The van der Waals surface area contributed by atoms with Crippen LogP contribution >= 0.6 is 0 Å². The van der Waals surface area contributed by atoms with Gasteiger partial charge in [0.15, 0.2) is 17.5 Å². The number of nitrogens with zero attached hydrogens (tertiary/aromatic N) is 6. The minimum atomic E-state index is 0.247. The highest BCUT2D eigenvalue weighted by molar-refractivity contribution is 5.87. The number of allylic oxidation sites excluding steroid dienone is 8. The number of hydrogen-bond acceptors (Lipinski definition) is 7. The van der Waals surface area contributed by atoms with Gasteiger partial charge in [0.25, 0.3) is 0 Å². The number of aromatic nitrogens is 5. The normalized spacial score (nSPS) is 20.4. The molecule has 7 nitrogen and oxygen atoms in total. The summed E-state index contributed by atoms with van der Waals surface area (Å²) in [5, 5.41) is 6.94. The van der Waals surface area contributed by atoms with Crippen molar-refractivity contribution in [3.05, 3.63) is 185 Å². The quantitative estimate of drug-likeness (QED) is 0.183. The average Bonchev–Trinajstić information content (AvgIpc) is 3.31. The molecule has 0 saturated heterocycles. The van der Waals surface area contributed by atoms with Gasteiger partial charge < -0.3 is 5.32 Å². The van der Waals surface area contributed by atoms with E-state index in [1.165, 1.54) is 16.4 Å². The topological polar surface area (TPSA) is 88.8 Å². The van der Waals surface area contributed by atoms with Crippen LogP contribution in [0.25, 0.3) is 68.2 Å². The zero-order valence-electron chi connectivity index (χ0n) is 31.8. The van der Waals surface area contributed by atoms with Gasteiger partial charge in [-0.25, -0.2) is 24.9 Å². The van der Waals surface area contributed by atoms with E-state index in [2.05, 4.69) is 102 Å². The van der Waals surface area contributed by atoms with E-state index in [0.717, 1.165) is 87.1 Å². The van der Waals surface area contributed by atoms with Gasteiger partial charge in [0.2, 0.25) is 0 Å². The van der Waals surface area contributed by atoms with E-state index in [9.17, 15) is 0 Å². The molecule has 5 heterocycles. The molecule has 0 saturated carbocycles. The fourth-order valence-corrected chi connectivity index (χ4v) is 8.76. The molecule has 0 radical (unpaired) electrons. The SMILES string of the molecule is C1=CC2CC(c3ccc4ccc(-c5ccc6c(n5)=CC(C5C=CC(c7nc(-c8ccccc8)nc(-c8ccccc8)n7)=CC5)CC=6)cc4n3)=C3C=CCNC3=C2N=C1. The second-order valence-corrected chi connectivity index (χ2v) is 15.4. The Morgan fingerprint density at radius 1 is 0.621 bits per heavy atom. The highest BCUT2D eigenvalue weighted by atomic mass is 15.0. The van der Waals surface area contributed by atoms with Crippen LogP contribution in [0.15, 0.2) is 168 Å². The molecule has 278 valence electrons. The Bertz CT molecular complexity index is 2930. The van der Waals surface area contributed by atoms with Crippen molar-refractivity contribution < 1.29 is 0 Å². The van der Waals surface area contributed by atoms with Gasteiger partial charge in [-0.05, 0) is 66.2 Å². The van der Waals surface area contributed by atoms with Crippen LogP contribution < -0.4 is 15.9 Å². The van der Waals surface area contributed by atoms with Crippen molar-refractivity contribution in [3.8, 4) is 34.0 Å². The Morgan fingerprint density at radius 2 is 1.38 bits per heavy atom. The lowest BCUT2D eigenvalue weighted by Gasteiger charge is -2.31. The Kier molecular flexibility index (Phi) is 8.50. The van der Waals surface area contributed by atoms with E-state index in [-0.39, 0.29) is 5.92 Å². The van der Waals surface area contributed by atoms with Crippen molar-refractivity contribution in [2.45, 2.75) is 19.3 Å². The third kappa shape index (κ3) is 6.35. The standard InChI is InChI=1S/C51H39N7/c1-3-9-35(10-4-1)49-56-50(36-11-5-2-6-12-36)58-51(57-49)37-19-15-32(16-20-37)38-21-17-33-23-25-43(54-45(33)30-38)39-22-18-34-24-26-44(55-46(34)31-39)42-29-40-13-7-27-52-47(40)48-41(42)14-8-28-53-48/h1-15,17-20,22-27,30-32,38,40,53H,16,21,28-29H2. The van der Waals surface area contributed by atoms with Crippen LogP contribution in [0.3, 0.4) is 0 Å². The predicted molar refractivity (Wildman–Crippen MR) is 234 cm³/mol. The second-order valence-electron chi connectivity index (χ2n) is 15.4. The number of nitrogens with one attached hydrogen (secondary N) is 1. The third-order valence-electron chi connectivity index (χ3n) is 11.8. The molecule has 0 amide bonds. The number of benzene rings is 3. The number of pyridine rings is 2. The average molecular weight is 750 g/mol. The number of aliphatic imine (C=N–C) groups is 1. The van der Waals surface area contributed by atoms with Crippen molar-refractivity contribution in [2.75, 3.05) is 6.54 Å². The van der Waals surface area contributed by atoms with E-state index < -0.39 is 0 Å². The van der Waals surface area contributed by atoms with Crippen LogP contribution in [0.5, 0.6) is 0 Å². The van der Waals surface area contributed by atoms with Crippen LogP contribution in [0.1, 0.15) is 30.8 Å². The zero-order chi connectivity index (χ0) is 38.4. The van der Waals surface area contributed by atoms with Crippen LogP contribution in [-0.2, 0) is 0 Å². The van der Waals surface area contributed by atoms with E-state index in [0.29, 0.717) is 29.3 Å². The van der Waals surface area contributed by atoms with Crippen LogP contribution in [0.4, 0.5) is 0 Å². The molecule has 6 aromatic rings. The molecule has 2 aliphatic heterocycles. The molecule has 3 aromatic heterocycles. The Morgan fingerprint density at radius 3 is 2.17 bits per heavy atom. The summed E-state index contributed by atoms with van der Waals surface area (Å²) in [5.74, 6) is 2.98. The molecule has 0 bridgehead atoms. The summed E-state index contributed by atoms with van der Waals surface area (Å²) in [6.45, 7) is 0.809. The lowest BCUT2D eigenvalue weighted by molar-refractivity contribution is 0.509.